The number of rotatable bonds is 2. The first-order valence-electron chi connectivity index (χ1n) is 4.32. The van der Waals surface area contributed by atoms with E-state index in [-0.39, 0.29) is 0 Å². The van der Waals surface area contributed by atoms with Crippen molar-refractivity contribution in [1.29, 1.82) is 0 Å². The lowest BCUT2D eigenvalue weighted by atomic mass is 9.78. The topological polar surface area (TPSA) is 17.1 Å². The highest BCUT2D eigenvalue weighted by Gasteiger charge is 2.27. The molecule has 0 amide bonds. The fourth-order valence-electron chi connectivity index (χ4n) is 1.93. The molecule has 0 saturated heterocycles. The smallest absolute Gasteiger partial charge is 0.133 e. The van der Waals surface area contributed by atoms with E-state index in [1.807, 2.05) is 0 Å². The fourth-order valence-corrected chi connectivity index (χ4v) is 2.70. The van der Waals surface area contributed by atoms with Gasteiger partial charge in [-0.05, 0) is 25.7 Å². The van der Waals surface area contributed by atoms with Crippen LogP contribution in [0.1, 0.15) is 32.6 Å². The Morgan fingerprint density at radius 2 is 2.09 bits per heavy atom. The molecule has 0 aromatic heterocycles. The Labute approximate surface area is 76.7 Å². The summed E-state index contributed by atoms with van der Waals surface area (Å²) < 4.78 is 0. The fraction of sp³-hybridized carbons (Fsp3) is 0.889. The van der Waals surface area contributed by atoms with Gasteiger partial charge >= 0.3 is 0 Å². The molecule has 64 valence electrons. The predicted octanol–water partition coefficient (Wildman–Crippen LogP) is 2.78. The third-order valence-corrected chi connectivity index (χ3v) is 3.46. The first-order chi connectivity index (χ1) is 5.25. The van der Waals surface area contributed by atoms with E-state index in [0.29, 0.717) is 17.6 Å². The van der Waals surface area contributed by atoms with Gasteiger partial charge in [0.15, 0.2) is 0 Å². The Morgan fingerprint density at radius 1 is 1.45 bits per heavy atom. The Kier molecular flexibility index (Phi) is 3.57. The highest BCUT2D eigenvalue weighted by atomic mass is 79.9. The molecule has 11 heavy (non-hydrogen) atoms. The molecule has 0 spiro atoms. The molecule has 0 aromatic rings. The van der Waals surface area contributed by atoms with Crippen molar-refractivity contribution in [2.75, 3.05) is 5.33 Å². The van der Waals surface area contributed by atoms with Gasteiger partial charge < -0.3 is 0 Å². The normalized spacial score (nSPS) is 31.8. The Balaban J connectivity index is 2.51. The largest absolute Gasteiger partial charge is 0.300 e. The summed E-state index contributed by atoms with van der Waals surface area (Å²) in [6.07, 6.45) is 4.90. The van der Waals surface area contributed by atoms with Crippen molar-refractivity contribution in [3.63, 3.8) is 0 Å². The Morgan fingerprint density at radius 3 is 2.55 bits per heavy atom. The molecule has 0 aliphatic heterocycles. The van der Waals surface area contributed by atoms with Crippen LogP contribution in [0.4, 0.5) is 0 Å². The van der Waals surface area contributed by atoms with Crippen LogP contribution in [0.3, 0.4) is 0 Å². The van der Waals surface area contributed by atoms with Crippen LogP contribution >= 0.6 is 15.9 Å². The summed E-state index contributed by atoms with van der Waals surface area (Å²) in [4.78, 5) is 11.1. The number of ketones is 1. The highest BCUT2D eigenvalue weighted by Crippen LogP contribution is 2.31. The van der Waals surface area contributed by atoms with Crippen molar-refractivity contribution in [2.45, 2.75) is 32.6 Å². The van der Waals surface area contributed by atoms with Crippen LogP contribution in [0.2, 0.25) is 0 Å². The minimum Gasteiger partial charge on any atom is -0.300 e. The van der Waals surface area contributed by atoms with Gasteiger partial charge in [-0.15, -0.1) is 0 Å². The summed E-state index contributed by atoms with van der Waals surface area (Å²) in [5.41, 5.74) is 0. The SMILES string of the molecule is CC(=O)[C@H]1CCCC[C@@H]1CBr. The number of halogens is 1. The summed E-state index contributed by atoms with van der Waals surface area (Å²) >= 11 is 3.47. The monoisotopic (exact) mass is 218 g/mol. The summed E-state index contributed by atoms with van der Waals surface area (Å²) in [5.74, 6) is 1.35. The number of hydrogen-bond donors (Lipinski definition) is 0. The second-order valence-corrected chi connectivity index (χ2v) is 4.06. The molecule has 2 heteroatoms. The summed E-state index contributed by atoms with van der Waals surface area (Å²) in [7, 11) is 0. The van der Waals surface area contributed by atoms with Crippen molar-refractivity contribution in [1.82, 2.24) is 0 Å². The number of carbonyl (C=O) groups excluding carboxylic acids is 1. The van der Waals surface area contributed by atoms with Crippen LogP contribution in [0, 0.1) is 11.8 Å². The Hall–Kier alpha value is 0.150. The molecule has 0 heterocycles. The second-order valence-electron chi connectivity index (χ2n) is 3.42. The minimum absolute atomic E-state index is 0.350. The molecule has 1 rings (SSSR count). The number of Topliss-reactive ketones (excluding diaryl/α,β-unsaturated/α-hetero) is 1. The third-order valence-electron chi connectivity index (χ3n) is 2.63. The van der Waals surface area contributed by atoms with Crippen LogP contribution < -0.4 is 0 Å². The van der Waals surface area contributed by atoms with Crippen LogP contribution in [0.15, 0.2) is 0 Å². The summed E-state index contributed by atoms with van der Waals surface area (Å²) in [6.45, 7) is 1.73. The molecule has 1 nitrogen and oxygen atoms in total. The third kappa shape index (κ3) is 2.29. The number of carbonyl (C=O) groups is 1. The standard InChI is InChI=1S/C9H15BrO/c1-7(11)9-5-3-2-4-8(9)6-10/h8-9H,2-6H2,1H3/t8-,9-/m1/s1. The molecule has 0 bridgehead atoms. The van der Waals surface area contributed by atoms with E-state index in [2.05, 4.69) is 15.9 Å². The first-order valence-corrected chi connectivity index (χ1v) is 5.44. The molecule has 1 aliphatic rings. The van der Waals surface area contributed by atoms with E-state index in [1.54, 1.807) is 6.92 Å². The van der Waals surface area contributed by atoms with Crippen LogP contribution in [-0.4, -0.2) is 11.1 Å². The average molecular weight is 219 g/mol. The average Bonchev–Trinajstić information content (AvgIpc) is 2.04. The van der Waals surface area contributed by atoms with Crippen molar-refractivity contribution in [3.8, 4) is 0 Å². The molecule has 0 radical (unpaired) electrons. The Bertz CT molecular complexity index is 144. The van der Waals surface area contributed by atoms with Crippen molar-refractivity contribution in [2.24, 2.45) is 11.8 Å². The number of hydrogen-bond acceptors (Lipinski definition) is 1. The van der Waals surface area contributed by atoms with E-state index in [1.165, 1.54) is 19.3 Å². The van der Waals surface area contributed by atoms with E-state index in [4.69, 9.17) is 0 Å². The molecule has 0 N–H and O–H groups in total. The summed E-state index contributed by atoms with van der Waals surface area (Å²) in [6, 6.07) is 0. The molecule has 1 fully saturated rings. The van der Waals surface area contributed by atoms with Gasteiger partial charge in [0, 0.05) is 11.2 Å². The van der Waals surface area contributed by atoms with Gasteiger partial charge in [0.05, 0.1) is 0 Å². The van der Waals surface area contributed by atoms with Crippen LogP contribution in [-0.2, 0) is 4.79 Å². The van der Waals surface area contributed by atoms with Crippen molar-refractivity contribution in [3.05, 3.63) is 0 Å². The zero-order valence-corrected chi connectivity index (χ0v) is 8.56. The van der Waals surface area contributed by atoms with Gasteiger partial charge in [0.1, 0.15) is 5.78 Å². The van der Waals surface area contributed by atoms with Gasteiger partial charge in [0.2, 0.25) is 0 Å². The van der Waals surface area contributed by atoms with Crippen LogP contribution in [0.5, 0.6) is 0 Å². The van der Waals surface area contributed by atoms with E-state index >= 15 is 0 Å². The lowest BCUT2D eigenvalue weighted by molar-refractivity contribution is -0.123. The van der Waals surface area contributed by atoms with Gasteiger partial charge in [-0.25, -0.2) is 0 Å². The molecular weight excluding hydrogens is 204 g/mol. The number of alkyl halides is 1. The maximum Gasteiger partial charge on any atom is 0.133 e. The van der Waals surface area contributed by atoms with Gasteiger partial charge in [-0.3, -0.25) is 4.79 Å². The quantitative estimate of drug-likeness (QED) is 0.652. The van der Waals surface area contributed by atoms with Crippen molar-refractivity contribution >= 4 is 21.7 Å². The predicted molar refractivity (Wildman–Crippen MR) is 49.9 cm³/mol. The summed E-state index contributed by atoms with van der Waals surface area (Å²) in [5, 5.41) is 0.997. The lowest BCUT2D eigenvalue weighted by Crippen LogP contribution is -2.26. The maximum atomic E-state index is 11.1. The van der Waals surface area contributed by atoms with E-state index < -0.39 is 0 Å². The molecule has 1 saturated carbocycles. The van der Waals surface area contributed by atoms with Crippen molar-refractivity contribution < 1.29 is 4.79 Å². The zero-order chi connectivity index (χ0) is 8.27. The first kappa shape index (κ1) is 9.24. The molecule has 1 aliphatic carbocycles. The van der Waals surface area contributed by atoms with Gasteiger partial charge in [-0.1, -0.05) is 28.8 Å². The van der Waals surface area contributed by atoms with E-state index in [0.717, 1.165) is 11.8 Å². The van der Waals surface area contributed by atoms with E-state index in [9.17, 15) is 4.79 Å². The second kappa shape index (κ2) is 4.24. The van der Waals surface area contributed by atoms with Gasteiger partial charge in [-0.2, -0.15) is 0 Å². The van der Waals surface area contributed by atoms with Crippen LogP contribution in [0.25, 0.3) is 0 Å². The molecule has 2 atom stereocenters. The van der Waals surface area contributed by atoms with Gasteiger partial charge in [0.25, 0.3) is 0 Å². The minimum atomic E-state index is 0.350. The molecule has 0 unspecified atom stereocenters. The highest BCUT2D eigenvalue weighted by molar-refractivity contribution is 9.09. The maximum absolute atomic E-state index is 11.1. The molecule has 0 aromatic carbocycles. The zero-order valence-electron chi connectivity index (χ0n) is 6.98. The lowest BCUT2D eigenvalue weighted by Gasteiger charge is -2.27. The molecular formula is C9H15BrO.